The van der Waals surface area contributed by atoms with Crippen LogP contribution < -0.4 is 10.6 Å². The molecule has 1 aromatic rings. The van der Waals surface area contributed by atoms with Crippen molar-refractivity contribution in [3.8, 4) is 0 Å². The molecule has 0 aliphatic carbocycles. The van der Waals surface area contributed by atoms with E-state index < -0.39 is 0 Å². The molecule has 5 heteroatoms. The van der Waals surface area contributed by atoms with Crippen LogP contribution in [0.5, 0.6) is 0 Å². The molecule has 17 heavy (non-hydrogen) atoms. The van der Waals surface area contributed by atoms with Crippen molar-refractivity contribution in [3.05, 3.63) is 12.2 Å². The van der Waals surface area contributed by atoms with Gasteiger partial charge in [0.25, 0.3) is 0 Å². The summed E-state index contributed by atoms with van der Waals surface area (Å²) in [5, 5.41) is 15.0. The van der Waals surface area contributed by atoms with Gasteiger partial charge in [-0.15, -0.1) is 10.2 Å². The molecule has 2 heterocycles. The second kappa shape index (κ2) is 6.12. The van der Waals surface area contributed by atoms with Crippen LogP contribution in [0.1, 0.15) is 38.4 Å². The number of hydrogen-bond acceptors (Lipinski definition) is 4. The van der Waals surface area contributed by atoms with Crippen molar-refractivity contribution in [3.63, 3.8) is 0 Å². The largest absolute Gasteiger partial charge is 0.320 e. The van der Waals surface area contributed by atoms with Crippen LogP contribution >= 0.6 is 0 Å². The molecule has 1 saturated heterocycles. The molecule has 5 nitrogen and oxygen atoms in total. The number of aromatic nitrogens is 3. The Balaban J connectivity index is 1.70. The lowest BCUT2D eigenvalue weighted by Crippen LogP contribution is -2.39. The molecule has 0 saturated carbocycles. The Bertz CT molecular complexity index is 329. The summed E-state index contributed by atoms with van der Waals surface area (Å²) in [6.45, 7) is 4.22. The van der Waals surface area contributed by atoms with Gasteiger partial charge in [-0.05, 0) is 32.7 Å². The van der Waals surface area contributed by atoms with E-state index in [2.05, 4.69) is 27.8 Å². The lowest BCUT2D eigenvalue weighted by molar-refractivity contribution is 0.343. The van der Waals surface area contributed by atoms with Crippen LogP contribution in [0.25, 0.3) is 0 Å². The molecule has 1 aliphatic heterocycles. The molecular formula is C12H23N5. The smallest absolute Gasteiger partial charge is 0.146 e. The summed E-state index contributed by atoms with van der Waals surface area (Å²) in [6.07, 6.45) is 6.95. The van der Waals surface area contributed by atoms with Crippen LogP contribution in [0.2, 0.25) is 0 Å². The first-order valence-electron chi connectivity index (χ1n) is 6.55. The first kappa shape index (κ1) is 12.5. The summed E-state index contributed by atoms with van der Waals surface area (Å²) in [7, 11) is 1.98. The van der Waals surface area contributed by atoms with Gasteiger partial charge in [-0.1, -0.05) is 6.42 Å². The maximum Gasteiger partial charge on any atom is 0.146 e. The summed E-state index contributed by atoms with van der Waals surface area (Å²) in [5.74, 6) is 0.994. The van der Waals surface area contributed by atoms with E-state index in [1.165, 1.54) is 32.2 Å². The first-order valence-corrected chi connectivity index (χ1v) is 6.55. The quantitative estimate of drug-likeness (QED) is 0.796. The maximum atomic E-state index is 4.07. The highest BCUT2D eigenvalue weighted by atomic mass is 15.3. The van der Waals surface area contributed by atoms with E-state index in [1.807, 2.05) is 11.6 Å². The van der Waals surface area contributed by atoms with Gasteiger partial charge >= 0.3 is 0 Å². The fourth-order valence-corrected chi connectivity index (χ4v) is 2.37. The van der Waals surface area contributed by atoms with Gasteiger partial charge in [0, 0.05) is 19.1 Å². The van der Waals surface area contributed by atoms with Crippen molar-refractivity contribution in [2.45, 2.75) is 51.2 Å². The summed E-state index contributed by atoms with van der Waals surface area (Å²) >= 11 is 0. The molecular weight excluding hydrogens is 214 g/mol. The van der Waals surface area contributed by atoms with Crippen LogP contribution in [-0.4, -0.2) is 33.4 Å². The van der Waals surface area contributed by atoms with Gasteiger partial charge in [0.05, 0.1) is 6.54 Å². The maximum absolute atomic E-state index is 4.07. The highest BCUT2D eigenvalue weighted by Crippen LogP contribution is 2.11. The summed E-state index contributed by atoms with van der Waals surface area (Å²) in [6, 6.07) is 1.20. The molecule has 2 atom stereocenters. The van der Waals surface area contributed by atoms with Crippen molar-refractivity contribution >= 4 is 0 Å². The van der Waals surface area contributed by atoms with E-state index in [4.69, 9.17) is 0 Å². The number of hydrogen-bond donors (Lipinski definition) is 2. The molecule has 0 spiro atoms. The normalized spacial score (nSPS) is 22.6. The number of nitrogens with zero attached hydrogens (tertiary/aromatic N) is 3. The van der Waals surface area contributed by atoms with E-state index in [-0.39, 0.29) is 0 Å². The molecule has 1 aliphatic rings. The predicted octanol–water partition coefficient (Wildman–Crippen LogP) is 0.825. The molecule has 0 bridgehead atoms. The molecule has 1 fully saturated rings. The van der Waals surface area contributed by atoms with Gasteiger partial charge in [-0.2, -0.15) is 0 Å². The zero-order chi connectivity index (χ0) is 12.1. The molecule has 96 valence electrons. The molecule has 0 amide bonds. The second-order valence-corrected chi connectivity index (χ2v) is 5.02. The van der Waals surface area contributed by atoms with Crippen molar-refractivity contribution in [2.75, 3.05) is 6.54 Å². The van der Waals surface area contributed by atoms with Crippen molar-refractivity contribution < 1.29 is 0 Å². The average Bonchev–Trinajstić information content (AvgIpc) is 2.74. The van der Waals surface area contributed by atoms with Crippen molar-refractivity contribution in [1.29, 1.82) is 0 Å². The van der Waals surface area contributed by atoms with Gasteiger partial charge in [-0.3, -0.25) is 0 Å². The standard InChI is InChI=1S/C12H23N5/c1-10(7-11-5-3-4-6-13-11)14-8-12-16-15-9-17(12)2/h9-11,13-14H,3-8H2,1-2H3. The minimum Gasteiger partial charge on any atom is -0.320 e. The lowest BCUT2D eigenvalue weighted by Gasteiger charge is -2.26. The van der Waals surface area contributed by atoms with Crippen molar-refractivity contribution in [2.24, 2.45) is 7.05 Å². The SMILES string of the molecule is CC(CC1CCCCN1)NCc1nncn1C. The fraction of sp³-hybridized carbons (Fsp3) is 0.833. The van der Waals surface area contributed by atoms with Crippen LogP contribution in [0.3, 0.4) is 0 Å². The van der Waals surface area contributed by atoms with E-state index in [9.17, 15) is 0 Å². The third kappa shape index (κ3) is 3.78. The van der Waals surface area contributed by atoms with Crippen LogP contribution in [-0.2, 0) is 13.6 Å². The van der Waals surface area contributed by atoms with Crippen LogP contribution in [0.4, 0.5) is 0 Å². The Kier molecular flexibility index (Phi) is 4.50. The van der Waals surface area contributed by atoms with Crippen LogP contribution in [0.15, 0.2) is 6.33 Å². The van der Waals surface area contributed by atoms with E-state index in [0.29, 0.717) is 12.1 Å². The molecule has 1 aromatic heterocycles. The third-order valence-corrected chi connectivity index (χ3v) is 3.46. The number of piperidine rings is 1. The molecule has 0 aromatic carbocycles. The zero-order valence-corrected chi connectivity index (χ0v) is 10.8. The van der Waals surface area contributed by atoms with Gasteiger partial charge in [0.1, 0.15) is 12.2 Å². The first-order chi connectivity index (χ1) is 8.25. The number of rotatable bonds is 5. The monoisotopic (exact) mass is 237 g/mol. The van der Waals surface area contributed by atoms with Gasteiger partial charge in [0.2, 0.25) is 0 Å². The van der Waals surface area contributed by atoms with Gasteiger partial charge < -0.3 is 15.2 Å². The van der Waals surface area contributed by atoms with E-state index in [0.717, 1.165) is 12.4 Å². The zero-order valence-electron chi connectivity index (χ0n) is 10.8. The average molecular weight is 237 g/mol. The number of nitrogens with one attached hydrogen (secondary N) is 2. The Morgan fingerprint density at radius 1 is 1.59 bits per heavy atom. The second-order valence-electron chi connectivity index (χ2n) is 5.02. The molecule has 2 N–H and O–H groups in total. The topological polar surface area (TPSA) is 54.8 Å². The van der Waals surface area contributed by atoms with Gasteiger partial charge in [-0.25, -0.2) is 0 Å². The Labute approximate surface area is 103 Å². The fourth-order valence-electron chi connectivity index (χ4n) is 2.37. The Morgan fingerprint density at radius 2 is 2.47 bits per heavy atom. The molecule has 0 radical (unpaired) electrons. The molecule has 2 rings (SSSR count). The predicted molar refractivity (Wildman–Crippen MR) is 67.6 cm³/mol. The Morgan fingerprint density at radius 3 is 3.12 bits per heavy atom. The lowest BCUT2D eigenvalue weighted by atomic mass is 9.99. The highest BCUT2D eigenvalue weighted by Gasteiger charge is 2.15. The number of aryl methyl sites for hydroxylation is 1. The third-order valence-electron chi connectivity index (χ3n) is 3.46. The summed E-state index contributed by atoms with van der Waals surface area (Å²) < 4.78 is 1.96. The minimum atomic E-state index is 0.516. The van der Waals surface area contributed by atoms with Crippen LogP contribution in [0, 0.1) is 0 Å². The van der Waals surface area contributed by atoms with Gasteiger partial charge in [0.15, 0.2) is 0 Å². The Hall–Kier alpha value is -0.940. The summed E-state index contributed by atoms with van der Waals surface area (Å²) in [4.78, 5) is 0. The minimum absolute atomic E-state index is 0.516. The van der Waals surface area contributed by atoms with E-state index >= 15 is 0 Å². The van der Waals surface area contributed by atoms with E-state index in [1.54, 1.807) is 6.33 Å². The summed E-state index contributed by atoms with van der Waals surface area (Å²) in [5.41, 5.74) is 0. The van der Waals surface area contributed by atoms with Crippen molar-refractivity contribution in [1.82, 2.24) is 25.4 Å². The molecule has 2 unspecified atom stereocenters. The highest BCUT2D eigenvalue weighted by molar-refractivity contribution is 4.85.